The van der Waals surface area contributed by atoms with E-state index in [1.165, 1.54) is 30.0 Å². The standard InChI is InChI=1S/C29H37F4N5O2S/c1-18(20-13-21(29(31,32)33)15-23(14-20)41-28(2,3)4)40-27-26(19-7-9-22(30)10-8-19)38(11-12-39-27)17-25-24(16-37(5)6)34-36-35-25/h7-10,13-15,18,26-27H,11-12,16-17H2,1-6H3,(H,34,35,36)/t18-,26+,27-/m1/s1. The van der Waals surface area contributed by atoms with Crippen molar-refractivity contribution in [2.75, 3.05) is 27.2 Å². The van der Waals surface area contributed by atoms with Crippen molar-refractivity contribution >= 4 is 11.8 Å². The van der Waals surface area contributed by atoms with Crippen LogP contribution in [-0.4, -0.2) is 63.5 Å². The Bertz CT molecular complexity index is 1290. The van der Waals surface area contributed by atoms with E-state index in [0.717, 1.165) is 23.0 Å². The van der Waals surface area contributed by atoms with E-state index in [-0.39, 0.29) is 10.6 Å². The van der Waals surface area contributed by atoms with Gasteiger partial charge in [-0.2, -0.15) is 28.6 Å². The number of aromatic nitrogens is 3. The molecule has 3 aromatic rings. The Morgan fingerprint density at radius 1 is 1.10 bits per heavy atom. The number of hydrogen-bond acceptors (Lipinski definition) is 7. The lowest BCUT2D eigenvalue weighted by Crippen LogP contribution is -2.46. The predicted octanol–water partition coefficient (Wildman–Crippen LogP) is 6.59. The Balaban J connectivity index is 1.65. The molecule has 1 aliphatic rings. The third-order valence-corrected chi connectivity index (χ3v) is 7.62. The lowest BCUT2D eigenvalue weighted by atomic mass is 10.0. The van der Waals surface area contributed by atoms with Crippen LogP contribution in [0.15, 0.2) is 47.4 Å². The number of thioether (sulfide) groups is 1. The van der Waals surface area contributed by atoms with E-state index in [4.69, 9.17) is 9.47 Å². The van der Waals surface area contributed by atoms with Crippen LogP contribution < -0.4 is 0 Å². The van der Waals surface area contributed by atoms with Crippen molar-refractivity contribution in [3.05, 3.63) is 76.4 Å². The Morgan fingerprint density at radius 3 is 2.41 bits per heavy atom. The lowest BCUT2D eigenvalue weighted by Gasteiger charge is -2.42. The molecule has 3 atom stereocenters. The van der Waals surface area contributed by atoms with E-state index in [0.29, 0.717) is 36.7 Å². The first kappa shape index (κ1) is 31.4. The van der Waals surface area contributed by atoms with Gasteiger partial charge in [-0.15, -0.1) is 11.8 Å². The molecule has 224 valence electrons. The van der Waals surface area contributed by atoms with Gasteiger partial charge in [-0.3, -0.25) is 4.90 Å². The molecule has 1 saturated heterocycles. The maximum Gasteiger partial charge on any atom is 0.416 e. The normalized spacial score (nSPS) is 19.6. The van der Waals surface area contributed by atoms with Crippen molar-refractivity contribution in [3.63, 3.8) is 0 Å². The summed E-state index contributed by atoms with van der Waals surface area (Å²) in [6.45, 7) is 9.48. The topological polar surface area (TPSA) is 66.5 Å². The zero-order chi connectivity index (χ0) is 29.9. The molecule has 0 bridgehead atoms. The minimum absolute atomic E-state index is 0.279. The molecule has 1 N–H and O–H groups in total. The molecule has 12 heteroatoms. The molecule has 2 aromatic carbocycles. The maximum absolute atomic E-state index is 13.9. The molecule has 0 radical (unpaired) electrons. The summed E-state index contributed by atoms with van der Waals surface area (Å²) >= 11 is 1.37. The number of morpholine rings is 1. The minimum Gasteiger partial charge on any atom is -0.349 e. The summed E-state index contributed by atoms with van der Waals surface area (Å²) in [7, 11) is 3.89. The van der Waals surface area contributed by atoms with Crippen molar-refractivity contribution in [1.29, 1.82) is 0 Å². The summed E-state index contributed by atoms with van der Waals surface area (Å²) in [5.74, 6) is -0.375. The molecule has 1 aliphatic heterocycles. The average Bonchev–Trinajstić information content (AvgIpc) is 3.29. The molecular formula is C29H37F4N5O2S. The van der Waals surface area contributed by atoms with Crippen molar-refractivity contribution in [1.82, 2.24) is 25.2 Å². The third kappa shape index (κ3) is 8.51. The molecule has 41 heavy (non-hydrogen) atoms. The van der Waals surface area contributed by atoms with Gasteiger partial charge in [0, 0.05) is 29.3 Å². The van der Waals surface area contributed by atoms with E-state index in [2.05, 4.69) is 20.3 Å². The second-order valence-electron chi connectivity index (χ2n) is 11.4. The van der Waals surface area contributed by atoms with Crippen LogP contribution in [0.5, 0.6) is 0 Å². The van der Waals surface area contributed by atoms with Gasteiger partial charge in [0.15, 0.2) is 6.29 Å². The Morgan fingerprint density at radius 2 is 1.78 bits per heavy atom. The highest BCUT2D eigenvalue weighted by Gasteiger charge is 2.37. The number of nitrogens with one attached hydrogen (secondary N) is 1. The minimum atomic E-state index is -4.50. The van der Waals surface area contributed by atoms with Gasteiger partial charge in [0.1, 0.15) is 17.2 Å². The van der Waals surface area contributed by atoms with E-state index in [1.807, 2.05) is 39.8 Å². The van der Waals surface area contributed by atoms with Crippen LogP contribution >= 0.6 is 11.8 Å². The summed E-state index contributed by atoms with van der Waals surface area (Å²) in [5, 5.41) is 11.3. The second-order valence-corrected chi connectivity index (χ2v) is 13.3. The molecular weight excluding hydrogens is 558 g/mol. The van der Waals surface area contributed by atoms with Gasteiger partial charge in [-0.25, -0.2) is 4.39 Å². The van der Waals surface area contributed by atoms with E-state index >= 15 is 0 Å². The summed E-state index contributed by atoms with van der Waals surface area (Å²) < 4.78 is 67.5. The lowest BCUT2D eigenvalue weighted by molar-refractivity contribution is -0.231. The van der Waals surface area contributed by atoms with Crippen molar-refractivity contribution in [3.8, 4) is 0 Å². The van der Waals surface area contributed by atoms with Crippen molar-refractivity contribution < 1.29 is 27.0 Å². The quantitative estimate of drug-likeness (QED) is 0.221. The molecule has 0 amide bonds. The Labute approximate surface area is 242 Å². The molecule has 0 aliphatic carbocycles. The van der Waals surface area contributed by atoms with Gasteiger partial charge in [-0.1, -0.05) is 32.9 Å². The summed E-state index contributed by atoms with van der Waals surface area (Å²) in [6, 6.07) is 9.68. The van der Waals surface area contributed by atoms with Crippen LogP contribution in [0.1, 0.15) is 67.9 Å². The number of hydrogen-bond donors (Lipinski definition) is 1. The monoisotopic (exact) mass is 595 g/mol. The molecule has 7 nitrogen and oxygen atoms in total. The summed E-state index contributed by atoms with van der Waals surface area (Å²) in [6.07, 6.45) is -6.05. The highest BCUT2D eigenvalue weighted by Crippen LogP contribution is 2.40. The molecule has 0 spiro atoms. The number of benzene rings is 2. The van der Waals surface area contributed by atoms with Crippen LogP contribution in [0.3, 0.4) is 0 Å². The fraction of sp³-hybridized carbons (Fsp3) is 0.517. The van der Waals surface area contributed by atoms with Crippen LogP contribution in [0.4, 0.5) is 17.6 Å². The number of nitrogens with zero attached hydrogens (tertiary/aromatic N) is 4. The maximum atomic E-state index is 13.9. The number of aromatic amines is 1. The smallest absolute Gasteiger partial charge is 0.349 e. The molecule has 4 rings (SSSR count). The number of halogens is 4. The van der Waals surface area contributed by atoms with Crippen LogP contribution in [0.2, 0.25) is 0 Å². The van der Waals surface area contributed by atoms with Gasteiger partial charge in [-0.05, 0) is 62.5 Å². The number of rotatable bonds is 9. The predicted molar refractivity (Wildman–Crippen MR) is 150 cm³/mol. The van der Waals surface area contributed by atoms with Gasteiger partial charge in [0.25, 0.3) is 0 Å². The molecule has 1 fully saturated rings. The fourth-order valence-corrected chi connectivity index (χ4v) is 5.83. The van der Waals surface area contributed by atoms with Crippen molar-refractivity contribution in [2.45, 2.75) is 75.0 Å². The van der Waals surface area contributed by atoms with Gasteiger partial charge in [0.05, 0.1) is 24.3 Å². The largest absolute Gasteiger partial charge is 0.416 e. The summed E-state index contributed by atoms with van der Waals surface area (Å²) in [4.78, 5) is 4.63. The first-order chi connectivity index (χ1) is 19.2. The summed E-state index contributed by atoms with van der Waals surface area (Å²) in [5.41, 5.74) is 2.00. The van der Waals surface area contributed by atoms with Gasteiger partial charge in [0.2, 0.25) is 0 Å². The fourth-order valence-electron chi connectivity index (χ4n) is 4.74. The van der Waals surface area contributed by atoms with Gasteiger partial charge >= 0.3 is 6.18 Å². The first-order valence-electron chi connectivity index (χ1n) is 13.4. The second kappa shape index (κ2) is 12.8. The van der Waals surface area contributed by atoms with Crippen LogP contribution in [-0.2, 0) is 28.7 Å². The molecule has 0 saturated carbocycles. The van der Waals surface area contributed by atoms with Crippen LogP contribution in [0.25, 0.3) is 0 Å². The van der Waals surface area contributed by atoms with E-state index < -0.39 is 30.2 Å². The van der Waals surface area contributed by atoms with E-state index in [9.17, 15) is 17.6 Å². The molecule has 1 aromatic heterocycles. The molecule has 2 heterocycles. The zero-order valence-corrected chi connectivity index (χ0v) is 24.9. The SMILES string of the molecule is C[C@@H](O[C@H]1OCCN(Cc2n[nH]nc2CN(C)C)[C@H]1c1ccc(F)cc1)c1cc(SC(C)(C)C)cc(C(F)(F)F)c1. The average molecular weight is 596 g/mol. The zero-order valence-electron chi connectivity index (χ0n) is 24.1. The number of ether oxygens (including phenoxy) is 2. The Hall–Kier alpha value is -2.51. The highest BCUT2D eigenvalue weighted by molar-refractivity contribution is 8.00. The van der Waals surface area contributed by atoms with Crippen LogP contribution in [0, 0.1) is 5.82 Å². The van der Waals surface area contributed by atoms with Crippen molar-refractivity contribution in [2.24, 2.45) is 0 Å². The third-order valence-electron chi connectivity index (χ3n) is 6.53. The van der Waals surface area contributed by atoms with Gasteiger partial charge < -0.3 is 14.4 Å². The Kier molecular flexibility index (Phi) is 9.80. The highest BCUT2D eigenvalue weighted by atomic mass is 32.2. The van der Waals surface area contributed by atoms with E-state index in [1.54, 1.807) is 25.1 Å². The number of H-pyrrole nitrogens is 1. The number of alkyl halides is 3. The molecule has 0 unspecified atom stereocenters. The first-order valence-corrected chi connectivity index (χ1v) is 14.2.